The molecule has 7 nitrogen and oxygen atoms in total. The van der Waals surface area contributed by atoms with E-state index in [1.807, 2.05) is 6.07 Å². The van der Waals surface area contributed by atoms with E-state index in [0.717, 1.165) is 10.1 Å². The third kappa shape index (κ3) is 3.30. The number of carbonyl (C=O) groups excluding carboxylic acids is 1. The van der Waals surface area contributed by atoms with Gasteiger partial charge in [-0.3, -0.25) is 18.7 Å². The van der Waals surface area contributed by atoms with Crippen LogP contribution in [0.15, 0.2) is 64.4 Å². The fourth-order valence-corrected chi connectivity index (χ4v) is 3.42. The van der Waals surface area contributed by atoms with Crippen molar-refractivity contribution in [3.8, 4) is 0 Å². The van der Waals surface area contributed by atoms with Crippen LogP contribution in [0.25, 0.3) is 11.2 Å². The molecule has 0 atom stereocenters. The van der Waals surface area contributed by atoms with Crippen molar-refractivity contribution in [2.45, 2.75) is 6.54 Å². The Morgan fingerprint density at radius 1 is 1.00 bits per heavy atom. The van der Waals surface area contributed by atoms with Crippen molar-refractivity contribution >= 4 is 28.5 Å². The highest BCUT2D eigenvalue weighted by Crippen LogP contribution is 2.16. The Kier molecular flexibility index (Phi) is 4.68. The van der Waals surface area contributed by atoms with Gasteiger partial charge in [-0.1, -0.05) is 29.8 Å². The molecule has 0 bridgehead atoms. The summed E-state index contributed by atoms with van der Waals surface area (Å²) >= 11 is 5.89. The summed E-state index contributed by atoms with van der Waals surface area (Å²) in [5.74, 6) is -0.114. The van der Waals surface area contributed by atoms with Gasteiger partial charge in [-0.2, -0.15) is 0 Å². The van der Waals surface area contributed by atoms with Crippen molar-refractivity contribution in [1.29, 1.82) is 0 Å². The molecule has 0 amide bonds. The standard InChI is InChI=1S/C21H17ClN4O3/c1-24-19-17(20(28)25(2)21(24)29)26(12-23-19)11-13-4-3-5-15(10-13)18(27)14-6-8-16(22)9-7-14/h3-10,12H,11H2,1-2H3. The van der Waals surface area contributed by atoms with Gasteiger partial charge < -0.3 is 4.57 Å². The minimum Gasteiger partial charge on any atom is -0.320 e. The highest BCUT2D eigenvalue weighted by Gasteiger charge is 2.15. The van der Waals surface area contributed by atoms with E-state index in [0.29, 0.717) is 33.9 Å². The molecule has 0 fully saturated rings. The number of imidazole rings is 1. The number of aryl methyl sites for hydroxylation is 1. The van der Waals surface area contributed by atoms with Crippen molar-refractivity contribution in [2.75, 3.05) is 0 Å². The number of carbonyl (C=O) groups is 1. The molecule has 2 heterocycles. The van der Waals surface area contributed by atoms with Crippen LogP contribution in [0.4, 0.5) is 0 Å². The maximum Gasteiger partial charge on any atom is 0.332 e. The summed E-state index contributed by atoms with van der Waals surface area (Å²) in [7, 11) is 3.01. The number of rotatable bonds is 4. The van der Waals surface area contributed by atoms with E-state index < -0.39 is 11.2 Å². The van der Waals surface area contributed by atoms with E-state index in [-0.39, 0.29) is 5.78 Å². The Bertz CT molecular complexity index is 1360. The van der Waals surface area contributed by atoms with Gasteiger partial charge >= 0.3 is 5.69 Å². The van der Waals surface area contributed by atoms with Crippen molar-refractivity contribution in [1.82, 2.24) is 18.7 Å². The van der Waals surface area contributed by atoms with Gasteiger partial charge in [-0.25, -0.2) is 9.78 Å². The first-order valence-corrected chi connectivity index (χ1v) is 9.24. The number of fused-ring (bicyclic) bond motifs is 1. The molecule has 2 aromatic heterocycles. The predicted octanol–water partition coefficient (Wildman–Crippen LogP) is 2.37. The average Bonchev–Trinajstić information content (AvgIpc) is 3.14. The van der Waals surface area contributed by atoms with E-state index in [9.17, 15) is 14.4 Å². The zero-order valence-electron chi connectivity index (χ0n) is 15.8. The van der Waals surface area contributed by atoms with Crippen LogP contribution in [-0.2, 0) is 20.6 Å². The third-order valence-corrected chi connectivity index (χ3v) is 5.12. The summed E-state index contributed by atoms with van der Waals surface area (Å²) in [6, 6.07) is 13.9. The number of benzene rings is 2. The second kappa shape index (κ2) is 7.18. The molecule has 29 heavy (non-hydrogen) atoms. The van der Waals surface area contributed by atoms with Crippen LogP contribution in [0.1, 0.15) is 21.5 Å². The first-order valence-electron chi connectivity index (χ1n) is 8.87. The lowest BCUT2D eigenvalue weighted by atomic mass is 10.0. The minimum absolute atomic E-state index is 0.114. The molecule has 0 aliphatic carbocycles. The Labute approximate surface area is 170 Å². The molecule has 0 aliphatic rings. The zero-order chi connectivity index (χ0) is 20.7. The van der Waals surface area contributed by atoms with Crippen LogP contribution >= 0.6 is 11.6 Å². The minimum atomic E-state index is -0.427. The zero-order valence-corrected chi connectivity index (χ0v) is 16.6. The van der Waals surface area contributed by atoms with Gasteiger partial charge in [0.15, 0.2) is 16.9 Å². The summed E-state index contributed by atoms with van der Waals surface area (Å²) in [5, 5.41) is 0.568. The molecule has 0 spiro atoms. The largest absolute Gasteiger partial charge is 0.332 e. The molecular formula is C21H17ClN4O3. The smallest absolute Gasteiger partial charge is 0.320 e. The quantitative estimate of drug-likeness (QED) is 0.486. The Morgan fingerprint density at radius 3 is 2.45 bits per heavy atom. The highest BCUT2D eigenvalue weighted by molar-refractivity contribution is 6.30. The normalized spacial score (nSPS) is 11.1. The van der Waals surface area contributed by atoms with Gasteiger partial charge in [-0.05, 0) is 35.9 Å². The SMILES string of the molecule is Cn1c(=O)c2c(ncn2Cc2cccc(C(=O)c3ccc(Cl)cc3)c2)n(C)c1=O. The first kappa shape index (κ1) is 18.9. The van der Waals surface area contributed by atoms with E-state index in [1.165, 1.54) is 17.9 Å². The van der Waals surface area contributed by atoms with Crippen molar-refractivity contribution in [3.05, 3.63) is 97.4 Å². The Hall–Kier alpha value is -3.45. The molecule has 0 unspecified atom stereocenters. The molecule has 146 valence electrons. The summed E-state index contributed by atoms with van der Waals surface area (Å²) in [6.45, 7) is 0.339. The van der Waals surface area contributed by atoms with Crippen molar-refractivity contribution in [3.63, 3.8) is 0 Å². The topological polar surface area (TPSA) is 78.9 Å². The van der Waals surface area contributed by atoms with Gasteiger partial charge in [0.05, 0.1) is 6.33 Å². The van der Waals surface area contributed by atoms with Gasteiger partial charge in [0, 0.05) is 36.8 Å². The molecule has 4 rings (SSSR count). The van der Waals surface area contributed by atoms with E-state index in [1.54, 1.807) is 54.1 Å². The highest BCUT2D eigenvalue weighted by atomic mass is 35.5. The van der Waals surface area contributed by atoms with Crippen LogP contribution in [-0.4, -0.2) is 24.5 Å². The lowest BCUT2D eigenvalue weighted by Crippen LogP contribution is -2.37. The molecule has 0 radical (unpaired) electrons. The monoisotopic (exact) mass is 408 g/mol. The number of hydrogen-bond acceptors (Lipinski definition) is 4. The van der Waals surface area contributed by atoms with Crippen LogP contribution in [0, 0.1) is 0 Å². The maximum absolute atomic E-state index is 12.8. The lowest BCUT2D eigenvalue weighted by Gasteiger charge is -2.08. The fraction of sp³-hybridized carbons (Fsp3) is 0.143. The Morgan fingerprint density at radius 2 is 1.72 bits per heavy atom. The number of ketones is 1. The van der Waals surface area contributed by atoms with Gasteiger partial charge in [0.1, 0.15) is 0 Å². The predicted molar refractivity (Wildman–Crippen MR) is 111 cm³/mol. The summed E-state index contributed by atoms with van der Waals surface area (Å²) < 4.78 is 4.08. The van der Waals surface area contributed by atoms with Gasteiger partial charge in [-0.15, -0.1) is 0 Å². The van der Waals surface area contributed by atoms with Crippen LogP contribution in [0.3, 0.4) is 0 Å². The second-order valence-electron chi connectivity index (χ2n) is 6.79. The number of aromatic nitrogens is 4. The summed E-state index contributed by atoms with van der Waals surface area (Å²) in [4.78, 5) is 41.6. The van der Waals surface area contributed by atoms with Crippen LogP contribution in [0.2, 0.25) is 5.02 Å². The van der Waals surface area contributed by atoms with E-state index in [4.69, 9.17) is 11.6 Å². The van der Waals surface area contributed by atoms with E-state index in [2.05, 4.69) is 4.98 Å². The number of halogens is 1. The fourth-order valence-electron chi connectivity index (χ4n) is 3.29. The van der Waals surface area contributed by atoms with Gasteiger partial charge in [0.2, 0.25) is 0 Å². The maximum atomic E-state index is 12.8. The van der Waals surface area contributed by atoms with E-state index >= 15 is 0 Å². The Balaban J connectivity index is 1.72. The first-order chi connectivity index (χ1) is 13.9. The molecule has 4 aromatic rings. The number of nitrogens with zero attached hydrogens (tertiary/aromatic N) is 4. The lowest BCUT2D eigenvalue weighted by molar-refractivity contribution is 0.103. The molecule has 8 heteroatoms. The summed E-state index contributed by atoms with van der Waals surface area (Å²) in [5.41, 5.74) is 1.74. The van der Waals surface area contributed by atoms with Crippen molar-refractivity contribution in [2.24, 2.45) is 14.1 Å². The molecule has 2 aromatic carbocycles. The molecule has 0 saturated carbocycles. The molecule has 0 saturated heterocycles. The molecular weight excluding hydrogens is 392 g/mol. The van der Waals surface area contributed by atoms with Crippen molar-refractivity contribution < 1.29 is 4.79 Å². The average molecular weight is 409 g/mol. The van der Waals surface area contributed by atoms with Crippen LogP contribution in [0.5, 0.6) is 0 Å². The summed E-state index contributed by atoms with van der Waals surface area (Å²) in [6.07, 6.45) is 1.53. The number of hydrogen-bond donors (Lipinski definition) is 0. The second-order valence-corrected chi connectivity index (χ2v) is 7.22. The van der Waals surface area contributed by atoms with Gasteiger partial charge in [0.25, 0.3) is 5.56 Å². The molecule has 0 aliphatic heterocycles. The third-order valence-electron chi connectivity index (χ3n) is 4.87. The molecule has 0 N–H and O–H groups in total. The van der Waals surface area contributed by atoms with Crippen LogP contribution < -0.4 is 11.2 Å².